The maximum atomic E-state index is 12.4. The molecular weight excluding hydrogens is 309 g/mol. The highest BCUT2D eigenvalue weighted by molar-refractivity contribution is 8.14. The average molecular weight is 322 g/mol. The standard InChI is InChI=1S/C13H13F3O4S/c1-2-20-11(18)5-6-21-12(19)9-4-3-8(7-10(9)17)13(14,15)16/h3-4,7,17H,2,5-6H2,1H3. The van der Waals surface area contributed by atoms with Gasteiger partial charge in [-0.25, -0.2) is 0 Å². The molecule has 0 heterocycles. The molecule has 0 aliphatic rings. The SMILES string of the molecule is CCOC(=O)CCSC(=O)c1ccc(C(F)(F)F)cc1O. The zero-order valence-corrected chi connectivity index (χ0v) is 11.9. The number of benzene rings is 1. The molecule has 8 heteroatoms. The summed E-state index contributed by atoms with van der Waals surface area (Å²) in [6, 6.07) is 2.13. The number of phenolic OH excluding ortho intramolecular Hbond substituents is 1. The second-order valence-electron chi connectivity index (χ2n) is 3.92. The van der Waals surface area contributed by atoms with Gasteiger partial charge in [0, 0.05) is 5.75 Å². The van der Waals surface area contributed by atoms with Crippen LogP contribution in [0.25, 0.3) is 0 Å². The molecule has 0 saturated heterocycles. The number of carbonyl (C=O) groups excluding carboxylic acids is 2. The van der Waals surface area contributed by atoms with Gasteiger partial charge >= 0.3 is 12.1 Å². The van der Waals surface area contributed by atoms with Gasteiger partial charge in [0.1, 0.15) is 5.75 Å². The minimum absolute atomic E-state index is 0.00560. The summed E-state index contributed by atoms with van der Waals surface area (Å²) in [6.45, 7) is 1.88. The first-order chi connectivity index (χ1) is 9.75. The van der Waals surface area contributed by atoms with Crippen LogP contribution in [0.5, 0.6) is 5.75 Å². The summed E-state index contributed by atoms with van der Waals surface area (Å²) in [5, 5.41) is 8.89. The van der Waals surface area contributed by atoms with E-state index in [2.05, 4.69) is 4.74 Å². The fourth-order valence-electron chi connectivity index (χ4n) is 1.42. The first kappa shape index (κ1) is 17.4. The van der Waals surface area contributed by atoms with Crippen molar-refractivity contribution in [2.24, 2.45) is 0 Å². The summed E-state index contributed by atoms with van der Waals surface area (Å²) in [6.07, 6.45) is -4.58. The zero-order chi connectivity index (χ0) is 16.0. The third-order valence-corrected chi connectivity index (χ3v) is 3.28. The lowest BCUT2D eigenvalue weighted by Crippen LogP contribution is -2.07. The summed E-state index contributed by atoms with van der Waals surface area (Å²) >= 11 is 0.730. The Morgan fingerprint density at radius 3 is 2.52 bits per heavy atom. The molecule has 0 aliphatic heterocycles. The van der Waals surface area contributed by atoms with Crippen molar-refractivity contribution in [1.29, 1.82) is 0 Å². The molecule has 1 aromatic carbocycles. The van der Waals surface area contributed by atoms with Crippen molar-refractivity contribution in [2.75, 3.05) is 12.4 Å². The van der Waals surface area contributed by atoms with Crippen molar-refractivity contribution >= 4 is 22.8 Å². The van der Waals surface area contributed by atoms with E-state index in [4.69, 9.17) is 0 Å². The van der Waals surface area contributed by atoms with E-state index in [0.717, 1.165) is 23.9 Å². The molecule has 0 radical (unpaired) electrons. The Morgan fingerprint density at radius 1 is 1.33 bits per heavy atom. The third kappa shape index (κ3) is 5.30. The molecule has 1 N–H and O–H groups in total. The number of hydrogen-bond acceptors (Lipinski definition) is 5. The third-order valence-electron chi connectivity index (χ3n) is 2.39. The predicted octanol–water partition coefficient (Wildman–Crippen LogP) is 3.24. The second-order valence-corrected chi connectivity index (χ2v) is 4.99. The Morgan fingerprint density at radius 2 is 2.00 bits per heavy atom. The summed E-state index contributed by atoms with van der Waals surface area (Å²) in [7, 11) is 0. The van der Waals surface area contributed by atoms with Crippen LogP contribution in [0.15, 0.2) is 18.2 Å². The molecule has 0 atom stereocenters. The van der Waals surface area contributed by atoms with Crippen molar-refractivity contribution in [2.45, 2.75) is 19.5 Å². The second kappa shape index (κ2) is 7.35. The van der Waals surface area contributed by atoms with Crippen molar-refractivity contribution in [3.8, 4) is 5.75 Å². The van der Waals surface area contributed by atoms with Gasteiger partial charge in [-0.15, -0.1) is 0 Å². The number of hydrogen-bond donors (Lipinski definition) is 1. The van der Waals surface area contributed by atoms with Gasteiger partial charge in [0.25, 0.3) is 0 Å². The van der Waals surface area contributed by atoms with Gasteiger partial charge in [0.05, 0.1) is 24.2 Å². The average Bonchev–Trinajstić information content (AvgIpc) is 2.37. The topological polar surface area (TPSA) is 63.6 Å². The first-order valence-corrected chi connectivity index (χ1v) is 6.97. The van der Waals surface area contributed by atoms with Crippen LogP contribution in [0, 0.1) is 0 Å². The molecule has 21 heavy (non-hydrogen) atoms. The van der Waals surface area contributed by atoms with Gasteiger partial charge in [-0.3, -0.25) is 9.59 Å². The number of alkyl halides is 3. The summed E-state index contributed by atoms with van der Waals surface area (Å²) in [5.74, 6) is -1.08. The van der Waals surface area contributed by atoms with Crippen LogP contribution in [-0.2, 0) is 15.7 Å². The van der Waals surface area contributed by atoms with E-state index in [1.807, 2.05) is 0 Å². The van der Waals surface area contributed by atoms with Crippen LogP contribution in [0.1, 0.15) is 29.3 Å². The van der Waals surface area contributed by atoms with Crippen LogP contribution >= 0.6 is 11.8 Å². The number of rotatable bonds is 5. The number of ether oxygens (including phenoxy) is 1. The van der Waals surface area contributed by atoms with E-state index in [-0.39, 0.29) is 24.3 Å². The largest absolute Gasteiger partial charge is 0.507 e. The van der Waals surface area contributed by atoms with Gasteiger partial charge < -0.3 is 9.84 Å². The van der Waals surface area contributed by atoms with Crippen LogP contribution in [-0.4, -0.2) is 28.6 Å². The molecule has 116 valence electrons. The lowest BCUT2D eigenvalue weighted by atomic mass is 10.1. The Bertz CT molecular complexity index is 529. The highest BCUT2D eigenvalue weighted by Gasteiger charge is 2.31. The molecule has 4 nitrogen and oxygen atoms in total. The number of esters is 1. The van der Waals surface area contributed by atoms with Crippen molar-refractivity contribution in [3.05, 3.63) is 29.3 Å². The Balaban J connectivity index is 2.65. The van der Waals surface area contributed by atoms with Crippen LogP contribution < -0.4 is 0 Å². The number of halogens is 3. The molecule has 0 bridgehead atoms. The van der Waals surface area contributed by atoms with Gasteiger partial charge in [-0.05, 0) is 25.1 Å². The predicted molar refractivity (Wildman–Crippen MR) is 71.1 cm³/mol. The van der Waals surface area contributed by atoms with E-state index >= 15 is 0 Å². The molecule has 1 rings (SSSR count). The van der Waals surface area contributed by atoms with Crippen LogP contribution in [0.2, 0.25) is 0 Å². The Hall–Kier alpha value is -1.70. The number of thioether (sulfide) groups is 1. The van der Waals surface area contributed by atoms with Crippen molar-refractivity contribution < 1.29 is 32.6 Å². The minimum atomic E-state index is -4.59. The van der Waals surface area contributed by atoms with E-state index in [9.17, 15) is 27.9 Å². The monoisotopic (exact) mass is 322 g/mol. The summed E-state index contributed by atoms with van der Waals surface area (Å²) in [4.78, 5) is 22.8. The van der Waals surface area contributed by atoms with Crippen molar-refractivity contribution in [3.63, 3.8) is 0 Å². The van der Waals surface area contributed by atoms with Crippen LogP contribution in [0.3, 0.4) is 0 Å². The summed E-state index contributed by atoms with van der Waals surface area (Å²) in [5.41, 5.74) is -1.26. The van der Waals surface area contributed by atoms with Gasteiger partial charge in [0.2, 0.25) is 5.12 Å². The normalized spacial score (nSPS) is 11.2. The molecule has 0 aliphatic carbocycles. The quantitative estimate of drug-likeness (QED) is 0.843. The number of phenols is 1. The van der Waals surface area contributed by atoms with Gasteiger partial charge in [0.15, 0.2) is 0 Å². The maximum absolute atomic E-state index is 12.4. The molecule has 0 spiro atoms. The molecule has 1 aromatic rings. The smallest absolute Gasteiger partial charge is 0.416 e. The molecule has 0 fully saturated rings. The molecule has 0 unspecified atom stereocenters. The first-order valence-electron chi connectivity index (χ1n) is 5.98. The fourth-order valence-corrected chi connectivity index (χ4v) is 2.20. The lowest BCUT2D eigenvalue weighted by Gasteiger charge is -2.09. The zero-order valence-electron chi connectivity index (χ0n) is 11.1. The lowest BCUT2D eigenvalue weighted by molar-refractivity contribution is -0.142. The highest BCUT2D eigenvalue weighted by atomic mass is 32.2. The van der Waals surface area contributed by atoms with Crippen molar-refractivity contribution in [1.82, 2.24) is 0 Å². The van der Waals surface area contributed by atoms with E-state index in [0.29, 0.717) is 6.07 Å². The molecule has 0 amide bonds. The molecular formula is C13H13F3O4S. The summed E-state index contributed by atoms with van der Waals surface area (Å²) < 4.78 is 41.9. The molecule has 0 aromatic heterocycles. The number of carbonyl (C=O) groups is 2. The fraction of sp³-hybridized carbons (Fsp3) is 0.385. The van der Waals surface area contributed by atoms with E-state index < -0.39 is 28.6 Å². The van der Waals surface area contributed by atoms with Gasteiger partial charge in [-0.2, -0.15) is 13.2 Å². The van der Waals surface area contributed by atoms with E-state index in [1.54, 1.807) is 6.92 Å². The van der Waals surface area contributed by atoms with E-state index in [1.165, 1.54) is 0 Å². The van der Waals surface area contributed by atoms with Gasteiger partial charge in [-0.1, -0.05) is 11.8 Å². The Labute approximate surface area is 123 Å². The molecule has 0 saturated carbocycles. The Kier molecular flexibility index (Phi) is 6.07. The number of aromatic hydroxyl groups is 1. The van der Waals surface area contributed by atoms with Crippen LogP contribution in [0.4, 0.5) is 13.2 Å². The highest BCUT2D eigenvalue weighted by Crippen LogP contribution is 2.33. The maximum Gasteiger partial charge on any atom is 0.416 e. The minimum Gasteiger partial charge on any atom is -0.507 e.